The molecule has 0 amide bonds. The van der Waals surface area contributed by atoms with Crippen LogP contribution in [0.5, 0.6) is 0 Å². The number of fused-ring (bicyclic) bond motifs is 1. The molecule has 1 aromatic carbocycles. The first-order chi connectivity index (χ1) is 11.3. The Bertz CT molecular complexity index is 993. The molecule has 126 valence electrons. The van der Waals surface area contributed by atoms with Crippen LogP contribution >= 0.6 is 0 Å². The monoisotopic (exact) mass is 347 g/mol. The highest BCUT2D eigenvalue weighted by atomic mass is 32.2. The largest absolute Gasteiger partial charge is 0.357 e. The van der Waals surface area contributed by atoms with Gasteiger partial charge in [-0.25, -0.2) is 17.7 Å². The molecule has 0 aliphatic heterocycles. The molecule has 24 heavy (non-hydrogen) atoms. The molecule has 0 bridgehead atoms. The van der Waals surface area contributed by atoms with E-state index in [1.54, 1.807) is 30.3 Å². The lowest BCUT2D eigenvalue weighted by molar-refractivity contribution is 0.520. The first-order valence-corrected chi connectivity index (χ1v) is 8.88. The average Bonchev–Trinajstić information content (AvgIpc) is 2.83. The molecule has 0 radical (unpaired) electrons. The number of aromatic nitrogens is 2. The van der Waals surface area contributed by atoms with Gasteiger partial charge in [0.25, 0.3) is 0 Å². The minimum Gasteiger partial charge on any atom is -0.357 e. The molecule has 0 saturated heterocycles. The van der Waals surface area contributed by atoms with E-state index < -0.39 is 16.0 Å². The van der Waals surface area contributed by atoms with Gasteiger partial charge in [-0.3, -0.25) is 0 Å². The second-order valence-corrected chi connectivity index (χ2v) is 8.02. The lowest BCUT2D eigenvalue weighted by Gasteiger charge is -2.11. The number of hydrogen-bond donors (Lipinski definition) is 1. The summed E-state index contributed by atoms with van der Waals surface area (Å²) in [6, 6.07) is 9.71. The highest BCUT2D eigenvalue weighted by Gasteiger charge is 2.17. The van der Waals surface area contributed by atoms with Crippen LogP contribution in [0.1, 0.15) is 16.8 Å². The number of aryl methyl sites for hydroxylation is 1. The third-order valence-electron chi connectivity index (χ3n) is 4.00. The van der Waals surface area contributed by atoms with Gasteiger partial charge in [0.1, 0.15) is 0 Å². The van der Waals surface area contributed by atoms with Crippen molar-refractivity contribution in [3.8, 4) is 0 Å². The molecular weight excluding hydrogens is 329 g/mol. The first-order valence-electron chi connectivity index (χ1n) is 7.44. The number of sulfonamides is 1. The standard InChI is InChI=1S/C17H18FN3O2S/c1-11-14(17-15(19-11)8-9-16(18)20-17)10-12-4-6-13(7-5-12)24(22,23)21(2)3/h4-9,19H,10H2,1-3H3. The summed E-state index contributed by atoms with van der Waals surface area (Å²) in [4.78, 5) is 7.41. The molecule has 0 fully saturated rings. The van der Waals surface area contributed by atoms with E-state index in [2.05, 4.69) is 9.97 Å². The van der Waals surface area contributed by atoms with E-state index in [0.29, 0.717) is 11.9 Å². The van der Waals surface area contributed by atoms with Crippen molar-refractivity contribution in [2.45, 2.75) is 18.2 Å². The van der Waals surface area contributed by atoms with Crippen molar-refractivity contribution in [2.75, 3.05) is 14.1 Å². The van der Waals surface area contributed by atoms with Crippen molar-refractivity contribution in [3.63, 3.8) is 0 Å². The van der Waals surface area contributed by atoms with Gasteiger partial charge in [0.15, 0.2) is 0 Å². The Morgan fingerprint density at radius 2 is 1.79 bits per heavy atom. The van der Waals surface area contributed by atoms with E-state index in [1.807, 2.05) is 6.92 Å². The summed E-state index contributed by atoms with van der Waals surface area (Å²) < 4.78 is 38.8. The molecule has 0 saturated carbocycles. The predicted octanol–water partition coefficient (Wildman–Crippen LogP) is 2.85. The van der Waals surface area contributed by atoms with Gasteiger partial charge in [0.2, 0.25) is 16.0 Å². The number of halogens is 1. The second-order valence-electron chi connectivity index (χ2n) is 5.87. The number of H-pyrrole nitrogens is 1. The van der Waals surface area contributed by atoms with Crippen LogP contribution in [0.25, 0.3) is 11.0 Å². The molecule has 5 nitrogen and oxygen atoms in total. The molecule has 3 aromatic rings. The number of nitrogens with one attached hydrogen (secondary N) is 1. The molecule has 0 aliphatic carbocycles. The quantitative estimate of drug-likeness (QED) is 0.738. The normalized spacial score (nSPS) is 12.2. The van der Waals surface area contributed by atoms with Gasteiger partial charge in [-0.2, -0.15) is 4.39 Å². The van der Waals surface area contributed by atoms with Crippen LogP contribution in [0.15, 0.2) is 41.3 Å². The zero-order valence-electron chi connectivity index (χ0n) is 13.7. The Hall–Kier alpha value is -2.25. The fraction of sp³-hybridized carbons (Fsp3) is 0.235. The maximum absolute atomic E-state index is 13.4. The van der Waals surface area contributed by atoms with E-state index in [1.165, 1.54) is 24.5 Å². The van der Waals surface area contributed by atoms with Gasteiger partial charge < -0.3 is 4.98 Å². The van der Waals surface area contributed by atoms with Crippen LogP contribution in [-0.4, -0.2) is 36.8 Å². The lowest BCUT2D eigenvalue weighted by Crippen LogP contribution is -2.22. The van der Waals surface area contributed by atoms with Crippen LogP contribution in [-0.2, 0) is 16.4 Å². The average molecular weight is 347 g/mol. The topological polar surface area (TPSA) is 66.1 Å². The van der Waals surface area contributed by atoms with Crippen LogP contribution in [0.4, 0.5) is 4.39 Å². The number of benzene rings is 1. The first kappa shape index (κ1) is 16.6. The minimum absolute atomic E-state index is 0.246. The maximum atomic E-state index is 13.4. The molecule has 7 heteroatoms. The summed E-state index contributed by atoms with van der Waals surface area (Å²) in [6.07, 6.45) is 0.546. The third-order valence-corrected chi connectivity index (χ3v) is 5.83. The summed E-state index contributed by atoms with van der Waals surface area (Å²) in [7, 11) is -0.441. The van der Waals surface area contributed by atoms with E-state index in [-0.39, 0.29) is 4.90 Å². The minimum atomic E-state index is -3.44. The highest BCUT2D eigenvalue weighted by molar-refractivity contribution is 7.89. The summed E-state index contributed by atoms with van der Waals surface area (Å²) in [5, 5.41) is 0. The Balaban J connectivity index is 1.95. The molecule has 2 heterocycles. The summed E-state index contributed by atoms with van der Waals surface area (Å²) in [5.74, 6) is -0.518. The predicted molar refractivity (Wildman–Crippen MR) is 90.9 cm³/mol. The van der Waals surface area contributed by atoms with Crippen molar-refractivity contribution in [2.24, 2.45) is 0 Å². The van der Waals surface area contributed by atoms with Crippen molar-refractivity contribution in [3.05, 3.63) is 59.2 Å². The van der Waals surface area contributed by atoms with Crippen LogP contribution in [0, 0.1) is 12.9 Å². The van der Waals surface area contributed by atoms with E-state index in [9.17, 15) is 12.8 Å². The van der Waals surface area contributed by atoms with Crippen LogP contribution in [0.2, 0.25) is 0 Å². The molecule has 1 N–H and O–H groups in total. The molecule has 3 rings (SSSR count). The number of pyridine rings is 1. The number of hydrogen-bond acceptors (Lipinski definition) is 3. The van der Waals surface area contributed by atoms with Gasteiger partial charge in [-0.1, -0.05) is 12.1 Å². The molecule has 0 spiro atoms. The Kier molecular flexibility index (Phi) is 4.15. The highest BCUT2D eigenvalue weighted by Crippen LogP contribution is 2.24. The smallest absolute Gasteiger partial charge is 0.242 e. The second kappa shape index (κ2) is 5.99. The summed E-state index contributed by atoms with van der Waals surface area (Å²) in [6.45, 7) is 1.92. The van der Waals surface area contributed by atoms with E-state index >= 15 is 0 Å². The van der Waals surface area contributed by atoms with Gasteiger partial charge in [0, 0.05) is 31.8 Å². The van der Waals surface area contributed by atoms with Crippen molar-refractivity contribution in [1.82, 2.24) is 14.3 Å². The molecular formula is C17H18FN3O2S. The Morgan fingerprint density at radius 3 is 2.42 bits per heavy atom. The van der Waals surface area contributed by atoms with Crippen LogP contribution in [0.3, 0.4) is 0 Å². The van der Waals surface area contributed by atoms with E-state index in [0.717, 1.165) is 22.3 Å². The fourth-order valence-corrected chi connectivity index (χ4v) is 3.53. The number of aromatic amines is 1. The zero-order valence-corrected chi connectivity index (χ0v) is 14.5. The van der Waals surface area contributed by atoms with Crippen LogP contribution < -0.4 is 0 Å². The van der Waals surface area contributed by atoms with Gasteiger partial charge >= 0.3 is 0 Å². The summed E-state index contributed by atoms with van der Waals surface area (Å²) >= 11 is 0. The van der Waals surface area contributed by atoms with Crippen molar-refractivity contribution < 1.29 is 12.8 Å². The van der Waals surface area contributed by atoms with Gasteiger partial charge in [-0.15, -0.1) is 0 Å². The van der Waals surface area contributed by atoms with Crippen molar-refractivity contribution >= 4 is 21.1 Å². The van der Waals surface area contributed by atoms with E-state index in [4.69, 9.17) is 0 Å². The maximum Gasteiger partial charge on any atom is 0.242 e. The number of rotatable bonds is 4. The Morgan fingerprint density at radius 1 is 1.12 bits per heavy atom. The fourth-order valence-electron chi connectivity index (χ4n) is 2.63. The zero-order chi connectivity index (χ0) is 17.5. The Labute approximate surface area is 140 Å². The van der Waals surface area contributed by atoms with Gasteiger partial charge in [-0.05, 0) is 36.8 Å². The molecule has 0 atom stereocenters. The number of nitrogens with zero attached hydrogens (tertiary/aromatic N) is 2. The molecule has 0 unspecified atom stereocenters. The van der Waals surface area contributed by atoms with Gasteiger partial charge in [0.05, 0.1) is 15.9 Å². The SMILES string of the molecule is Cc1[nH]c2ccc(F)nc2c1Cc1ccc(S(=O)(=O)N(C)C)cc1. The third kappa shape index (κ3) is 2.92. The summed E-state index contributed by atoms with van der Waals surface area (Å²) in [5.41, 5.74) is 4.16. The van der Waals surface area contributed by atoms with Crippen molar-refractivity contribution in [1.29, 1.82) is 0 Å². The molecule has 0 aliphatic rings. The molecule has 2 aromatic heterocycles. The lowest BCUT2D eigenvalue weighted by atomic mass is 10.0.